The summed E-state index contributed by atoms with van der Waals surface area (Å²) >= 11 is 0. The molecule has 1 aromatic carbocycles. The highest BCUT2D eigenvalue weighted by Crippen LogP contribution is 2.38. The van der Waals surface area contributed by atoms with E-state index in [9.17, 15) is 4.39 Å². The molecule has 2 N–H and O–H groups in total. The molecule has 0 spiro atoms. The molecule has 1 aliphatic rings. The van der Waals surface area contributed by atoms with Crippen molar-refractivity contribution in [1.82, 2.24) is 0 Å². The Morgan fingerprint density at radius 1 is 1.45 bits per heavy atom. The molecule has 2 atom stereocenters. The van der Waals surface area contributed by atoms with Crippen molar-refractivity contribution in [3.63, 3.8) is 0 Å². The summed E-state index contributed by atoms with van der Waals surface area (Å²) in [5.41, 5.74) is 6.67. The van der Waals surface area contributed by atoms with E-state index in [4.69, 9.17) is 5.73 Å². The summed E-state index contributed by atoms with van der Waals surface area (Å²) in [7, 11) is 0. The molecule has 1 saturated carbocycles. The van der Waals surface area contributed by atoms with E-state index >= 15 is 0 Å². The quantitative estimate of drug-likeness (QED) is 0.648. The fourth-order valence-corrected chi connectivity index (χ4v) is 1.34. The van der Waals surface area contributed by atoms with Crippen LogP contribution >= 0.6 is 0 Å². The molecular weight excluding hydrogens is 141 g/mol. The molecule has 0 bridgehead atoms. The lowest BCUT2D eigenvalue weighted by Gasteiger charge is -1.96. The van der Waals surface area contributed by atoms with Crippen LogP contribution in [0.4, 0.5) is 4.39 Å². The van der Waals surface area contributed by atoms with Gasteiger partial charge in [0.25, 0.3) is 0 Å². The van der Waals surface area contributed by atoms with Crippen LogP contribution in [0.25, 0.3) is 0 Å². The minimum Gasteiger partial charge on any atom is -0.327 e. The normalized spacial score (nSPS) is 28.5. The fraction of sp³-hybridized carbons (Fsp3) is 0.333. The Labute approximate surface area is 65.0 Å². The van der Waals surface area contributed by atoms with Gasteiger partial charge in [0.15, 0.2) is 0 Å². The third kappa shape index (κ3) is 1.26. The molecule has 1 aromatic rings. The minimum atomic E-state index is -0.165. The van der Waals surface area contributed by atoms with E-state index in [-0.39, 0.29) is 11.9 Å². The van der Waals surface area contributed by atoms with Crippen LogP contribution in [0.2, 0.25) is 0 Å². The number of nitrogens with two attached hydrogens (primary N) is 1. The zero-order chi connectivity index (χ0) is 7.84. The molecule has 0 amide bonds. The van der Waals surface area contributed by atoms with Gasteiger partial charge in [-0.1, -0.05) is 12.1 Å². The van der Waals surface area contributed by atoms with Crippen LogP contribution in [0.1, 0.15) is 17.9 Å². The van der Waals surface area contributed by atoms with E-state index in [0.29, 0.717) is 5.92 Å². The summed E-state index contributed by atoms with van der Waals surface area (Å²) in [6.07, 6.45) is 1.00. The lowest BCUT2D eigenvalue weighted by molar-refractivity contribution is 0.625. The molecular formula is C9H10FN. The van der Waals surface area contributed by atoms with Gasteiger partial charge < -0.3 is 5.73 Å². The third-order valence-corrected chi connectivity index (χ3v) is 2.12. The molecule has 2 heteroatoms. The third-order valence-electron chi connectivity index (χ3n) is 2.12. The van der Waals surface area contributed by atoms with Crippen molar-refractivity contribution in [2.75, 3.05) is 0 Å². The molecule has 2 rings (SSSR count). The standard InChI is InChI=1S/C9H10FN/c10-7-3-1-2-6(4-7)8-5-9(8)11/h1-4,8-9H,5,11H2/t8-,9+/m0/s1. The summed E-state index contributed by atoms with van der Waals surface area (Å²) in [6, 6.07) is 6.95. The average Bonchev–Trinajstić information content (AvgIpc) is 2.67. The van der Waals surface area contributed by atoms with Gasteiger partial charge in [-0.3, -0.25) is 0 Å². The summed E-state index contributed by atoms with van der Waals surface area (Å²) in [5.74, 6) is 0.243. The first-order chi connectivity index (χ1) is 5.27. The van der Waals surface area contributed by atoms with Gasteiger partial charge in [-0.05, 0) is 24.1 Å². The topological polar surface area (TPSA) is 26.0 Å². The van der Waals surface area contributed by atoms with Gasteiger partial charge in [0, 0.05) is 12.0 Å². The Hall–Kier alpha value is -0.890. The van der Waals surface area contributed by atoms with Crippen LogP contribution < -0.4 is 5.73 Å². The second-order valence-electron chi connectivity index (χ2n) is 3.06. The van der Waals surface area contributed by atoms with Crippen molar-refractivity contribution in [2.45, 2.75) is 18.4 Å². The Morgan fingerprint density at radius 2 is 2.18 bits per heavy atom. The van der Waals surface area contributed by atoms with Crippen molar-refractivity contribution >= 4 is 0 Å². The minimum absolute atomic E-state index is 0.165. The van der Waals surface area contributed by atoms with Gasteiger partial charge in [-0.25, -0.2) is 4.39 Å². The van der Waals surface area contributed by atoms with Crippen molar-refractivity contribution in [2.24, 2.45) is 5.73 Å². The Morgan fingerprint density at radius 3 is 2.73 bits per heavy atom. The summed E-state index contributed by atoms with van der Waals surface area (Å²) in [5, 5.41) is 0. The maximum atomic E-state index is 12.6. The fourth-order valence-electron chi connectivity index (χ4n) is 1.34. The van der Waals surface area contributed by atoms with Gasteiger partial charge in [0.05, 0.1) is 0 Å². The smallest absolute Gasteiger partial charge is 0.123 e. The van der Waals surface area contributed by atoms with E-state index in [1.807, 2.05) is 6.07 Å². The summed E-state index contributed by atoms with van der Waals surface area (Å²) in [4.78, 5) is 0. The lowest BCUT2D eigenvalue weighted by Crippen LogP contribution is -2.00. The number of hydrogen-bond acceptors (Lipinski definition) is 1. The average molecular weight is 151 g/mol. The first-order valence-corrected chi connectivity index (χ1v) is 3.78. The van der Waals surface area contributed by atoms with Crippen LogP contribution in [-0.4, -0.2) is 6.04 Å². The highest BCUT2D eigenvalue weighted by Gasteiger charge is 2.34. The predicted octanol–water partition coefficient (Wildman–Crippen LogP) is 1.64. The monoisotopic (exact) mass is 151 g/mol. The van der Waals surface area contributed by atoms with Crippen molar-refractivity contribution < 1.29 is 4.39 Å². The van der Waals surface area contributed by atoms with Crippen molar-refractivity contribution in [3.05, 3.63) is 35.6 Å². The lowest BCUT2D eigenvalue weighted by atomic mass is 10.1. The van der Waals surface area contributed by atoms with Crippen LogP contribution in [0, 0.1) is 5.82 Å². The number of rotatable bonds is 1. The zero-order valence-corrected chi connectivity index (χ0v) is 6.13. The molecule has 0 aliphatic heterocycles. The Balaban J connectivity index is 2.25. The van der Waals surface area contributed by atoms with Gasteiger partial charge in [0.2, 0.25) is 0 Å². The molecule has 1 aliphatic carbocycles. The molecule has 0 radical (unpaired) electrons. The Kier molecular flexibility index (Phi) is 1.43. The van der Waals surface area contributed by atoms with Crippen LogP contribution in [0.15, 0.2) is 24.3 Å². The molecule has 0 saturated heterocycles. The number of hydrogen-bond donors (Lipinski definition) is 1. The van der Waals surface area contributed by atoms with Gasteiger partial charge in [-0.2, -0.15) is 0 Å². The van der Waals surface area contributed by atoms with Crippen LogP contribution in [-0.2, 0) is 0 Å². The predicted molar refractivity (Wildman–Crippen MR) is 41.7 cm³/mol. The van der Waals surface area contributed by atoms with E-state index in [1.165, 1.54) is 6.07 Å². The van der Waals surface area contributed by atoms with Gasteiger partial charge in [0.1, 0.15) is 5.82 Å². The highest BCUT2D eigenvalue weighted by atomic mass is 19.1. The maximum absolute atomic E-state index is 12.6. The first-order valence-electron chi connectivity index (χ1n) is 3.78. The second-order valence-corrected chi connectivity index (χ2v) is 3.06. The summed E-state index contributed by atoms with van der Waals surface area (Å²) < 4.78 is 12.6. The zero-order valence-electron chi connectivity index (χ0n) is 6.13. The Bertz CT molecular complexity index is 272. The van der Waals surface area contributed by atoms with Crippen molar-refractivity contribution in [1.29, 1.82) is 0 Å². The molecule has 0 unspecified atom stereocenters. The van der Waals surface area contributed by atoms with Crippen LogP contribution in [0.5, 0.6) is 0 Å². The maximum Gasteiger partial charge on any atom is 0.123 e. The molecule has 58 valence electrons. The molecule has 0 aromatic heterocycles. The first kappa shape index (κ1) is 6.80. The molecule has 0 heterocycles. The molecule has 1 nitrogen and oxygen atoms in total. The second kappa shape index (κ2) is 2.31. The van der Waals surface area contributed by atoms with E-state index < -0.39 is 0 Å². The van der Waals surface area contributed by atoms with E-state index in [1.54, 1.807) is 12.1 Å². The highest BCUT2D eigenvalue weighted by molar-refractivity contribution is 5.27. The van der Waals surface area contributed by atoms with E-state index in [0.717, 1.165) is 12.0 Å². The SMILES string of the molecule is N[C@@H]1C[C@H]1c1cccc(F)c1. The van der Waals surface area contributed by atoms with Gasteiger partial charge in [-0.15, -0.1) is 0 Å². The molecule has 1 fully saturated rings. The summed E-state index contributed by atoms with van der Waals surface area (Å²) in [6.45, 7) is 0. The molecule has 11 heavy (non-hydrogen) atoms. The number of benzene rings is 1. The van der Waals surface area contributed by atoms with Crippen LogP contribution in [0.3, 0.4) is 0 Å². The largest absolute Gasteiger partial charge is 0.327 e. The van der Waals surface area contributed by atoms with Gasteiger partial charge >= 0.3 is 0 Å². The van der Waals surface area contributed by atoms with E-state index in [2.05, 4.69) is 0 Å². The number of halogens is 1. The van der Waals surface area contributed by atoms with Crippen molar-refractivity contribution in [3.8, 4) is 0 Å².